The van der Waals surface area contributed by atoms with Gasteiger partial charge in [0.2, 0.25) is 0 Å². The molecule has 2 aromatic heterocycles. The normalized spacial score (nSPS) is 20.1. The molecule has 1 saturated heterocycles. The number of amides is 1. The van der Waals surface area contributed by atoms with Crippen molar-refractivity contribution in [2.75, 3.05) is 19.7 Å². The molecule has 2 aliphatic heterocycles. The number of carbonyl (C=O) groups is 1. The predicted octanol–water partition coefficient (Wildman–Crippen LogP) is 4.17. The molecule has 2 aliphatic rings. The van der Waals surface area contributed by atoms with Crippen molar-refractivity contribution in [3.63, 3.8) is 0 Å². The molecule has 0 N–H and O–H groups in total. The zero-order chi connectivity index (χ0) is 15.2. The zero-order valence-corrected chi connectivity index (χ0v) is 14.4. The molecular formula is C16H16ClNO2S2. The molecule has 3 nitrogen and oxygen atoms in total. The van der Waals surface area contributed by atoms with E-state index in [0.29, 0.717) is 4.34 Å². The van der Waals surface area contributed by atoms with Crippen LogP contribution < -0.4 is 0 Å². The van der Waals surface area contributed by atoms with E-state index in [0.717, 1.165) is 43.8 Å². The highest BCUT2D eigenvalue weighted by molar-refractivity contribution is 7.18. The van der Waals surface area contributed by atoms with Gasteiger partial charge in [-0.3, -0.25) is 4.79 Å². The number of nitrogens with zero attached hydrogens (tertiary/aromatic N) is 1. The number of halogens is 1. The standard InChI is InChI=1S/C16H16ClNO2S2/c17-14-2-1-13(22-14)15(19)18-7-5-16(6-8-18)11-4-10-21-12(11)3-9-20-16/h1-2,4,10H,3,5-9H2. The number of hydrogen-bond donors (Lipinski definition) is 0. The van der Waals surface area contributed by atoms with Gasteiger partial charge in [0.05, 0.1) is 21.4 Å². The Hall–Kier alpha value is -0.880. The number of hydrogen-bond acceptors (Lipinski definition) is 4. The number of piperidine rings is 1. The maximum Gasteiger partial charge on any atom is 0.263 e. The minimum atomic E-state index is -0.169. The van der Waals surface area contributed by atoms with Crippen LogP contribution in [-0.2, 0) is 16.8 Å². The van der Waals surface area contributed by atoms with Crippen molar-refractivity contribution in [2.24, 2.45) is 0 Å². The first-order valence-electron chi connectivity index (χ1n) is 7.43. The number of likely N-dealkylation sites (tertiary alicyclic amines) is 1. The number of fused-ring (bicyclic) bond motifs is 2. The highest BCUT2D eigenvalue weighted by atomic mass is 35.5. The van der Waals surface area contributed by atoms with Gasteiger partial charge >= 0.3 is 0 Å². The first kappa shape index (κ1) is 14.7. The molecule has 1 spiro atoms. The summed E-state index contributed by atoms with van der Waals surface area (Å²) >= 11 is 9.11. The fraction of sp³-hybridized carbons (Fsp3) is 0.438. The third kappa shape index (κ3) is 2.40. The van der Waals surface area contributed by atoms with Crippen molar-refractivity contribution in [3.05, 3.63) is 43.2 Å². The zero-order valence-electron chi connectivity index (χ0n) is 12.0. The van der Waals surface area contributed by atoms with Crippen molar-refractivity contribution in [2.45, 2.75) is 24.9 Å². The second kappa shape index (κ2) is 5.64. The van der Waals surface area contributed by atoms with E-state index < -0.39 is 0 Å². The number of carbonyl (C=O) groups excluding carboxylic acids is 1. The monoisotopic (exact) mass is 353 g/mol. The average molecular weight is 354 g/mol. The van der Waals surface area contributed by atoms with Gasteiger partial charge in [0.25, 0.3) is 5.91 Å². The highest BCUT2D eigenvalue weighted by Crippen LogP contribution is 2.43. The van der Waals surface area contributed by atoms with E-state index in [9.17, 15) is 4.79 Å². The molecule has 22 heavy (non-hydrogen) atoms. The minimum absolute atomic E-state index is 0.0908. The molecule has 0 radical (unpaired) electrons. The van der Waals surface area contributed by atoms with Gasteiger partial charge in [-0.25, -0.2) is 0 Å². The van der Waals surface area contributed by atoms with Crippen LogP contribution in [-0.4, -0.2) is 30.5 Å². The molecule has 0 atom stereocenters. The summed E-state index contributed by atoms with van der Waals surface area (Å²) in [7, 11) is 0. The summed E-state index contributed by atoms with van der Waals surface area (Å²) in [6.45, 7) is 2.27. The van der Waals surface area contributed by atoms with Crippen LogP contribution in [0.25, 0.3) is 0 Å². The van der Waals surface area contributed by atoms with E-state index in [1.807, 2.05) is 22.3 Å². The van der Waals surface area contributed by atoms with E-state index in [1.54, 1.807) is 6.07 Å². The molecule has 0 aromatic carbocycles. The van der Waals surface area contributed by atoms with Gasteiger partial charge < -0.3 is 9.64 Å². The van der Waals surface area contributed by atoms with Crippen LogP contribution in [0.5, 0.6) is 0 Å². The van der Waals surface area contributed by atoms with Crippen molar-refractivity contribution in [1.82, 2.24) is 4.90 Å². The van der Waals surface area contributed by atoms with Crippen LogP contribution in [0.1, 0.15) is 33.0 Å². The predicted molar refractivity (Wildman–Crippen MR) is 90.1 cm³/mol. The number of thiophene rings is 2. The summed E-state index contributed by atoms with van der Waals surface area (Å²) in [6.07, 6.45) is 2.77. The Balaban J connectivity index is 1.51. The lowest BCUT2D eigenvalue weighted by atomic mass is 9.82. The molecule has 0 aliphatic carbocycles. The lowest BCUT2D eigenvalue weighted by molar-refractivity contribution is -0.0926. The average Bonchev–Trinajstić information content (AvgIpc) is 3.17. The second-order valence-corrected chi connectivity index (χ2v) is 8.46. The van der Waals surface area contributed by atoms with Crippen molar-refractivity contribution < 1.29 is 9.53 Å². The molecule has 6 heteroatoms. The maximum absolute atomic E-state index is 12.5. The molecular weight excluding hydrogens is 338 g/mol. The summed E-state index contributed by atoms with van der Waals surface area (Å²) in [4.78, 5) is 16.6. The van der Waals surface area contributed by atoms with Crippen LogP contribution >= 0.6 is 34.3 Å². The van der Waals surface area contributed by atoms with E-state index in [-0.39, 0.29) is 11.5 Å². The molecule has 4 rings (SSSR count). The Bertz CT molecular complexity index is 701. The van der Waals surface area contributed by atoms with Crippen molar-refractivity contribution in [3.8, 4) is 0 Å². The number of ether oxygens (including phenoxy) is 1. The third-order valence-electron chi connectivity index (χ3n) is 4.59. The van der Waals surface area contributed by atoms with Crippen molar-refractivity contribution in [1.29, 1.82) is 0 Å². The third-order valence-corrected chi connectivity index (χ3v) is 6.79. The topological polar surface area (TPSA) is 29.5 Å². The SMILES string of the molecule is O=C(c1ccc(Cl)s1)N1CCC2(CC1)OCCc1sccc12. The molecule has 1 fully saturated rings. The van der Waals surface area contributed by atoms with E-state index >= 15 is 0 Å². The minimum Gasteiger partial charge on any atom is -0.370 e. The molecule has 0 saturated carbocycles. The molecule has 0 unspecified atom stereocenters. The quantitative estimate of drug-likeness (QED) is 0.770. The summed E-state index contributed by atoms with van der Waals surface area (Å²) < 4.78 is 6.84. The molecule has 0 bridgehead atoms. The fourth-order valence-electron chi connectivity index (χ4n) is 3.43. The lowest BCUT2D eigenvalue weighted by Gasteiger charge is -2.44. The van der Waals surface area contributed by atoms with Crippen LogP contribution in [0.2, 0.25) is 4.34 Å². The van der Waals surface area contributed by atoms with Gasteiger partial charge in [-0.1, -0.05) is 11.6 Å². The van der Waals surface area contributed by atoms with Gasteiger partial charge in [0.1, 0.15) is 0 Å². The first-order valence-corrected chi connectivity index (χ1v) is 9.51. The summed E-state index contributed by atoms with van der Waals surface area (Å²) in [5.74, 6) is 0.0908. The highest BCUT2D eigenvalue weighted by Gasteiger charge is 2.42. The lowest BCUT2D eigenvalue weighted by Crippen LogP contribution is -2.47. The van der Waals surface area contributed by atoms with Crippen molar-refractivity contribution >= 4 is 40.2 Å². The van der Waals surface area contributed by atoms with E-state index in [2.05, 4.69) is 11.4 Å². The second-order valence-electron chi connectivity index (χ2n) is 5.75. The molecule has 116 valence electrons. The Morgan fingerprint density at radius 3 is 2.82 bits per heavy atom. The Labute approximate surface area is 142 Å². The Kier molecular flexibility index (Phi) is 3.77. The van der Waals surface area contributed by atoms with Crippen LogP contribution in [0.15, 0.2) is 23.6 Å². The smallest absolute Gasteiger partial charge is 0.263 e. The largest absolute Gasteiger partial charge is 0.370 e. The van der Waals surface area contributed by atoms with Gasteiger partial charge in [0, 0.05) is 24.4 Å². The van der Waals surface area contributed by atoms with Crippen LogP contribution in [0, 0.1) is 0 Å². The van der Waals surface area contributed by atoms with Crippen LogP contribution in [0.3, 0.4) is 0 Å². The first-order chi connectivity index (χ1) is 10.7. The maximum atomic E-state index is 12.5. The summed E-state index contributed by atoms with van der Waals surface area (Å²) in [6, 6.07) is 5.80. The van der Waals surface area contributed by atoms with Gasteiger partial charge in [0.15, 0.2) is 0 Å². The molecule has 2 aromatic rings. The van der Waals surface area contributed by atoms with E-state index in [1.165, 1.54) is 21.8 Å². The number of rotatable bonds is 1. The fourth-order valence-corrected chi connectivity index (χ4v) is 5.39. The molecule has 1 amide bonds. The van der Waals surface area contributed by atoms with E-state index in [4.69, 9.17) is 16.3 Å². The Morgan fingerprint density at radius 2 is 2.09 bits per heavy atom. The Morgan fingerprint density at radius 1 is 1.27 bits per heavy atom. The van der Waals surface area contributed by atoms with Gasteiger partial charge in [-0.05, 0) is 42.0 Å². The van der Waals surface area contributed by atoms with Gasteiger partial charge in [-0.2, -0.15) is 0 Å². The molecule has 4 heterocycles. The van der Waals surface area contributed by atoms with Gasteiger partial charge in [-0.15, -0.1) is 22.7 Å². The summed E-state index contributed by atoms with van der Waals surface area (Å²) in [5.41, 5.74) is 1.19. The van der Waals surface area contributed by atoms with Crippen LogP contribution in [0.4, 0.5) is 0 Å². The summed E-state index contributed by atoms with van der Waals surface area (Å²) in [5, 5.41) is 2.16.